The third-order valence-electron chi connectivity index (χ3n) is 4.68. The summed E-state index contributed by atoms with van der Waals surface area (Å²) in [6.07, 6.45) is 4.73. The van der Waals surface area contributed by atoms with Gasteiger partial charge in [-0.25, -0.2) is 14.4 Å². The van der Waals surface area contributed by atoms with Crippen LogP contribution in [0.2, 0.25) is 0 Å². The molecule has 1 aromatic heterocycles. The zero-order valence-corrected chi connectivity index (χ0v) is 14.4. The van der Waals surface area contributed by atoms with Gasteiger partial charge in [0.05, 0.1) is 0 Å². The van der Waals surface area contributed by atoms with Gasteiger partial charge in [0, 0.05) is 24.3 Å². The van der Waals surface area contributed by atoms with E-state index in [0.717, 1.165) is 25.0 Å². The van der Waals surface area contributed by atoms with Gasteiger partial charge in [0.15, 0.2) is 0 Å². The molecule has 0 unspecified atom stereocenters. The number of likely N-dealkylation sites (tertiary alicyclic amines) is 1. The summed E-state index contributed by atoms with van der Waals surface area (Å²) in [5, 5.41) is 0. The van der Waals surface area contributed by atoms with E-state index >= 15 is 0 Å². The van der Waals surface area contributed by atoms with E-state index in [0.29, 0.717) is 31.0 Å². The monoisotopic (exact) mass is 356 g/mol. The van der Waals surface area contributed by atoms with Crippen molar-refractivity contribution < 1.29 is 14.0 Å². The number of benzene rings is 1. The first-order valence-corrected chi connectivity index (χ1v) is 8.68. The number of nitrogens with zero attached hydrogens (tertiary/aromatic N) is 3. The van der Waals surface area contributed by atoms with Crippen LogP contribution in [0.1, 0.15) is 45.8 Å². The Kier molecular flexibility index (Phi) is 5.55. The summed E-state index contributed by atoms with van der Waals surface area (Å²) in [6, 6.07) is 7.42. The molecule has 0 bridgehead atoms. The Morgan fingerprint density at radius 3 is 2.81 bits per heavy atom. The molecule has 26 heavy (non-hydrogen) atoms. The molecule has 1 aliphatic rings. The number of halogens is 1. The topological polar surface area (TPSA) is 89.2 Å². The van der Waals surface area contributed by atoms with Crippen molar-refractivity contribution in [1.29, 1.82) is 0 Å². The average molecular weight is 356 g/mol. The van der Waals surface area contributed by atoms with Crippen molar-refractivity contribution in [3.63, 3.8) is 0 Å². The third kappa shape index (κ3) is 4.41. The zero-order valence-electron chi connectivity index (χ0n) is 14.4. The van der Waals surface area contributed by atoms with Crippen molar-refractivity contribution >= 4 is 11.8 Å². The normalized spacial score (nSPS) is 17.6. The molecule has 6 nitrogen and oxygen atoms in total. The van der Waals surface area contributed by atoms with Crippen molar-refractivity contribution in [2.45, 2.75) is 25.7 Å². The van der Waals surface area contributed by atoms with E-state index in [4.69, 9.17) is 5.73 Å². The molecule has 1 saturated heterocycles. The third-order valence-corrected chi connectivity index (χ3v) is 4.68. The highest BCUT2D eigenvalue weighted by molar-refractivity contribution is 5.94. The maximum atomic E-state index is 13.4. The van der Waals surface area contributed by atoms with Gasteiger partial charge in [-0.15, -0.1) is 0 Å². The molecule has 0 saturated carbocycles. The fourth-order valence-electron chi connectivity index (χ4n) is 3.32. The van der Waals surface area contributed by atoms with E-state index in [2.05, 4.69) is 9.97 Å². The van der Waals surface area contributed by atoms with Gasteiger partial charge in [0.1, 0.15) is 17.8 Å². The van der Waals surface area contributed by atoms with Crippen LogP contribution in [0.25, 0.3) is 0 Å². The maximum Gasteiger partial charge on any atom is 0.267 e. The van der Waals surface area contributed by atoms with Crippen LogP contribution in [0.3, 0.4) is 0 Å². The van der Waals surface area contributed by atoms with Crippen LogP contribution in [0, 0.1) is 11.7 Å². The van der Waals surface area contributed by atoms with E-state index in [9.17, 15) is 14.0 Å². The van der Waals surface area contributed by atoms with Crippen molar-refractivity contribution in [2.24, 2.45) is 11.7 Å². The van der Waals surface area contributed by atoms with E-state index in [1.165, 1.54) is 18.5 Å². The average Bonchev–Trinajstić information content (AvgIpc) is 2.87. The lowest BCUT2D eigenvalue weighted by atomic mass is 9.95. The number of hydrogen-bond donors (Lipinski definition) is 1. The van der Waals surface area contributed by atoms with Crippen molar-refractivity contribution in [3.8, 4) is 0 Å². The minimum Gasteiger partial charge on any atom is -0.364 e. The van der Waals surface area contributed by atoms with Gasteiger partial charge in [0.2, 0.25) is 0 Å². The van der Waals surface area contributed by atoms with Crippen LogP contribution in [0.15, 0.2) is 36.7 Å². The predicted molar refractivity (Wildman–Crippen MR) is 93.9 cm³/mol. The Morgan fingerprint density at radius 1 is 1.19 bits per heavy atom. The lowest BCUT2D eigenvalue weighted by Crippen LogP contribution is -2.32. The molecule has 136 valence electrons. The fourth-order valence-corrected chi connectivity index (χ4v) is 3.32. The standard InChI is InChI=1S/C19H21FN4O2/c20-15-5-1-4-14(10-15)19(26)24-7-2-3-13(6-8-24)9-16-11-17(18(21)25)23-12-22-16/h1,4-5,10-13H,2-3,6-9H2,(H2,21,25)/t13-/m0/s1. The molecular formula is C19H21FN4O2. The van der Waals surface area contributed by atoms with Gasteiger partial charge in [-0.1, -0.05) is 6.07 Å². The molecule has 7 heteroatoms. The predicted octanol–water partition coefficient (Wildman–Crippen LogP) is 2.20. The Balaban J connectivity index is 1.62. The summed E-state index contributed by atoms with van der Waals surface area (Å²) in [7, 11) is 0. The minimum absolute atomic E-state index is 0.136. The van der Waals surface area contributed by atoms with Gasteiger partial charge in [-0.2, -0.15) is 0 Å². The second-order valence-electron chi connectivity index (χ2n) is 6.56. The highest BCUT2D eigenvalue weighted by Crippen LogP contribution is 2.22. The van der Waals surface area contributed by atoms with Crippen LogP contribution in [0.5, 0.6) is 0 Å². The lowest BCUT2D eigenvalue weighted by Gasteiger charge is -2.20. The molecule has 1 atom stereocenters. The molecule has 1 fully saturated rings. The Morgan fingerprint density at radius 2 is 2.04 bits per heavy atom. The molecule has 2 heterocycles. The number of rotatable bonds is 4. The van der Waals surface area contributed by atoms with Gasteiger partial charge < -0.3 is 10.6 Å². The summed E-state index contributed by atoms with van der Waals surface area (Å²) < 4.78 is 13.4. The quantitative estimate of drug-likeness (QED) is 0.909. The van der Waals surface area contributed by atoms with Gasteiger partial charge >= 0.3 is 0 Å². The van der Waals surface area contributed by atoms with E-state index < -0.39 is 11.7 Å². The van der Waals surface area contributed by atoms with Crippen LogP contribution in [0.4, 0.5) is 4.39 Å². The number of amides is 2. The second kappa shape index (κ2) is 8.03. The number of nitrogens with two attached hydrogens (primary N) is 1. The van der Waals surface area contributed by atoms with Crippen LogP contribution >= 0.6 is 0 Å². The smallest absolute Gasteiger partial charge is 0.267 e. The number of aromatic nitrogens is 2. The molecule has 2 N–H and O–H groups in total. The molecule has 2 amide bonds. The Bertz CT molecular complexity index is 812. The molecule has 0 radical (unpaired) electrons. The van der Waals surface area contributed by atoms with Crippen molar-refractivity contribution in [1.82, 2.24) is 14.9 Å². The second-order valence-corrected chi connectivity index (χ2v) is 6.56. The number of carbonyl (C=O) groups is 2. The lowest BCUT2D eigenvalue weighted by molar-refractivity contribution is 0.0759. The Hall–Kier alpha value is -2.83. The number of hydrogen-bond acceptors (Lipinski definition) is 4. The molecule has 2 aromatic rings. The van der Waals surface area contributed by atoms with Crippen LogP contribution < -0.4 is 5.73 Å². The van der Waals surface area contributed by atoms with Crippen molar-refractivity contribution in [3.05, 3.63) is 59.4 Å². The minimum atomic E-state index is -0.568. The summed E-state index contributed by atoms with van der Waals surface area (Å²) in [4.78, 5) is 33.7. The first-order chi connectivity index (χ1) is 12.5. The molecule has 1 aliphatic heterocycles. The van der Waals surface area contributed by atoms with Gasteiger partial charge in [0.25, 0.3) is 11.8 Å². The first-order valence-electron chi connectivity index (χ1n) is 8.68. The summed E-state index contributed by atoms with van der Waals surface area (Å²) in [5.74, 6) is -0.752. The number of carbonyl (C=O) groups excluding carboxylic acids is 2. The summed E-state index contributed by atoms with van der Waals surface area (Å²) in [6.45, 7) is 1.27. The number of primary amides is 1. The Labute approximate surface area is 151 Å². The van der Waals surface area contributed by atoms with Gasteiger partial charge in [-0.05, 0) is 55.9 Å². The van der Waals surface area contributed by atoms with Crippen LogP contribution in [-0.2, 0) is 6.42 Å². The summed E-state index contributed by atoms with van der Waals surface area (Å²) >= 11 is 0. The SMILES string of the molecule is NC(=O)c1cc(C[C@H]2CCCN(C(=O)c3cccc(F)c3)CC2)ncn1. The van der Waals surface area contributed by atoms with Crippen molar-refractivity contribution in [2.75, 3.05) is 13.1 Å². The first kappa shape index (κ1) is 18.0. The maximum absolute atomic E-state index is 13.4. The molecule has 3 rings (SSSR count). The molecular weight excluding hydrogens is 335 g/mol. The van der Waals surface area contributed by atoms with E-state index in [-0.39, 0.29) is 11.6 Å². The highest BCUT2D eigenvalue weighted by atomic mass is 19.1. The van der Waals surface area contributed by atoms with Crippen LogP contribution in [-0.4, -0.2) is 39.8 Å². The van der Waals surface area contributed by atoms with E-state index in [1.807, 2.05) is 0 Å². The zero-order chi connectivity index (χ0) is 18.5. The summed E-state index contributed by atoms with van der Waals surface area (Å²) in [5.41, 5.74) is 6.63. The molecule has 0 spiro atoms. The largest absolute Gasteiger partial charge is 0.364 e. The van der Waals surface area contributed by atoms with Gasteiger partial charge in [-0.3, -0.25) is 9.59 Å². The molecule has 1 aromatic carbocycles. The van der Waals surface area contributed by atoms with E-state index in [1.54, 1.807) is 23.1 Å². The fraction of sp³-hybridized carbons (Fsp3) is 0.368. The molecule has 0 aliphatic carbocycles. The highest BCUT2D eigenvalue weighted by Gasteiger charge is 2.22.